The summed E-state index contributed by atoms with van der Waals surface area (Å²) in [6, 6.07) is 1.90. The Kier molecular flexibility index (Phi) is 4.48. The van der Waals surface area contributed by atoms with E-state index >= 15 is 0 Å². The van der Waals surface area contributed by atoms with E-state index < -0.39 is 0 Å². The van der Waals surface area contributed by atoms with E-state index in [4.69, 9.17) is 0 Å². The van der Waals surface area contributed by atoms with Gasteiger partial charge in [-0.1, -0.05) is 19.3 Å². The third kappa shape index (κ3) is 3.11. The van der Waals surface area contributed by atoms with Crippen LogP contribution in [0.2, 0.25) is 0 Å². The summed E-state index contributed by atoms with van der Waals surface area (Å²) in [5.74, 6) is 0.469. The van der Waals surface area contributed by atoms with Crippen molar-refractivity contribution in [1.29, 1.82) is 0 Å². The predicted octanol–water partition coefficient (Wildman–Crippen LogP) is 2.29. The van der Waals surface area contributed by atoms with Crippen LogP contribution in [0, 0.1) is 0 Å². The molecule has 2 aromatic heterocycles. The number of H-pyrrole nitrogens is 1. The largest absolute Gasteiger partial charge is 0.338 e. The van der Waals surface area contributed by atoms with Crippen molar-refractivity contribution in [3.05, 3.63) is 29.2 Å². The SMILES string of the molecule is Cn1ncc(C(=O)N2CCC2)c1C(=O)Nc1cc(C2CCCCC2)[nH]n1. The lowest BCUT2D eigenvalue weighted by Gasteiger charge is -2.30. The van der Waals surface area contributed by atoms with Gasteiger partial charge in [0.15, 0.2) is 5.82 Å². The second kappa shape index (κ2) is 6.93. The first-order valence-corrected chi connectivity index (χ1v) is 9.31. The summed E-state index contributed by atoms with van der Waals surface area (Å²) in [7, 11) is 1.67. The van der Waals surface area contributed by atoms with Gasteiger partial charge in [-0.2, -0.15) is 10.2 Å². The van der Waals surface area contributed by atoms with Crippen LogP contribution in [0.4, 0.5) is 5.82 Å². The van der Waals surface area contributed by atoms with Gasteiger partial charge in [0, 0.05) is 37.8 Å². The number of hydrogen-bond donors (Lipinski definition) is 2. The molecule has 2 N–H and O–H groups in total. The second-order valence-electron chi connectivity index (χ2n) is 7.17. The zero-order valence-corrected chi connectivity index (χ0v) is 15.0. The smallest absolute Gasteiger partial charge is 0.275 e. The van der Waals surface area contributed by atoms with Crippen LogP contribution < -0.4 is 5.32 Å². The zero-order valence-electron chi connectivity index (χ0n) is 15.0. The van der Waals surface area contributed by atoms with Crippen molar-refractivity contribution in [2.45, 2.75) is 44.4 Å². The number of amides is 2. The molecular formula is C18H24N6O2. The minimum atomic E-state index is -0.365. The van der Waals surface area contributed by atoms with Gasteiger partial charge < -0.3 is 10.2 Å². The van der Waals surface area contributed by atoms with Gasteiger partial charge in [0.25, 0.3) is 11.8 Å². The normalized spacial score (nSPS) is 17.8. The number of likely N-dealkylation sites (tertiary alicyclic amines) is 1. The van der Waals surface area contributed by atoms with Crippen molar-refractivity contribution in [3.63, 3.8) is 0 Å². The third-order valence-electron chi connectivity index (χ3n) is 5.41. The van der Waals surface area contributed by atoms with Crippen LogP contribution in [-0.4, -0.2) is 49.8 Å². The predicted molar refractivity (Wildman–Crippen MR) is 96.1 cm³/mol. The summed E-state index contributed by atoms with van der Waals surface area (Å²) in [5.41, 5.74) is 1.68. The Morgan fingerprint density at radius 2 is 1.96 bits per heavy atom. The van der Waals surface area contributed by atoms with Crippen molar-refractivity contribution in [1.82, 2.24) is 24.9 Å². The van der Waals surface area contributed by atoms with Crippen LogP contribution in [0.25, 0.3) is 0 Å². The molecule has 1 saturated heterocycles. The Balaban J connectivity index is 1.49. The van der Waals surface area contributed by atoms with Gasteiger partial charge in [-0.05, 0) is 19.3 Å². The average Bonchev–Trinajstić information content (AvgIpc) is 3.20. The van der Waals surface area contributed by atoms with Gasteiger partial charge in [0.1, 0.15) is 5.69 Å². The van der Waals surface area contributed by atoms with E-state index in [0.29, 0.717) is 17.3 Å². The minimum absolute atomic E-state index is 0.139. The Bertz CT molecular complexity index is 814. The van der Waals surface area contributed by atoms with Gasteiger partial charge in [0.2, 0.25) is 0 Å². The number of nitrogens with zero attached hydrogens (tertiary/aromatic N) is 4. The first-order valence-electron chi connectivity index (χ1n) is 9.31. The number of aromatic nitrogens is 4. The number of carbonyl (C=O) groups is 2. The third-order valence-corrected chi connectivity index (χ3v) is 5.41. The highest BCUT2D eigenvalue weighted by Gasteiger charge is 2.29. The summed E-state index contributed by atoms with van der Waals surface area (Å²) in [5, 5.41) is 14.2. The fraction of sp³-hybridized carbons (Fsp3) is 0.556. The Labute approximate surface area is 151 Å². The highest BCUT2D eigenvalue weighted by molar-refractivity contribution is 6.10. The molecule has 26 heavy (non-hydrogen) atoms. The van der Waals surface area contributed by atoms with Crippen LogP contribution >= 0.6 is 0 Å². The first-order chi connectivity index (χ1) is 12.6. The maximum absolute atomic E-state index is 12.7. The summed E-state index contributed by atoms with van der Waals surface area (Å²) in [4.78, 5) is 27.0. The van der Waals surface area contributed by atoms with Crippen molar-refractivity contribution >= 4 is 17.6 Å². The molecular weight excluding hydrogens is 332 g/mol. The van der Waals surface area contributed by atoms with Gasteiger partial charge in [-0.3, -0.25) is 19.4 Å². The number of aromatic amines is 1. The number of carbonyl (C=O) groups excluding carboxylic acids is 2. The molecule has 3 heterocycles. The molecule has 0 radical (unpaired) electrons. The van der Waals surface area contributed by atoms with Gasteiger partial charge in [-0.25, -0.2) is 0 Å². The van der Waals surface area contributed by atoms with Crippen molar-refractivity contribution in [2.75, 3.05) is 18.4 Å². The zero-order chi connectivity index (χ0) is 18.1. The molecule has 2 fully saturated rings. The Morgan fingerprint density at radius 1 is 1.19 bits per heavy atom. The van der Waals surface area contributed by atoms with Crippen molar-refractivity contribution in [2.24, 2.45) is 7.05 Å². The van der Waals surface area contributed by atoms with E-state index in [-0.39, 0.29) is 17.5 Å². The summed E-state index contributed by atoms with van der Waals surface area (Å²) in [6.07, 6.45) is 8.56. The van der Waals surface area contributed by atoms with Crippen LogP contribution in [-0.2, 0) is 7.05 Å². The first kappa shape index (κ1) is 16.8. The van der Waals surface area contributed by atoms with Gasteiger partial charge >= 0.3 is 0 Å². The molecule has 8 heteroatoms. The lowest BCUT2D eigenvalue weighted by Crippen LogP contribution is -2.42. The second-order valence-corrected chi connectivity index (χ2v) is 7.17. The highest BCUT2D eigenvalue weighted by atomic mass is 16.2. The van der Waals surface area contributed by atoms with E-state index in [1.54, 1.807) is 11.9 Å². The van der Waals surface area contributed by atoms with E-state index in [9.17, 15) is 9.59 Å². The van der Waals surface area contributed by atoms with Crippen LogP contribution in [0.5, 0.6) is 0 Å². The molecule has 8 nitrogen and oxygen atoms in total. The van der Waals surface area contributed by atoms with Crippen molar-refractivity contribution in [3.8, 4) is 0 Å². The molecule has 4 rings (SSSR count). The fourth-order valence-electron chi connectivity index (χ4n) is 3.75. The standard InChI is InChI=1S/C18H24N6O2/c1-23-16(13(11-19-23)18(26)24-8-5-9-24)17(25)20-15-10-14(21-22-15)12-6-3-2-4-7-12/h10-12H,2-9H2,1H3,(H2,20,21,22,25). The Hall–Kier alpha value is -2.64. The lowest BCUT2D eigenvalue weighted by molar-refractivity contribution is 0.0648. The molecule has 1 saturated carbocycles. The number of anilines is 1. The van der Waals surface area contributed by atoms with E-state index in [0.717, 1.165) is 38.0 Å². The molecule has 2 aromatic rings. The monoisotopic (exact) mass is 356 g/mol. The maximum Gasteiger partial charge on any atom is 0.275 e. The highest BCUT2D eigenvalue weighted by Crippen LogP contribution is 2.32. The number of hydrogen-bond acceptors (Lipinski definition) is 4. The van der Waals surface area contributed by atoms with E-state index in [1.807, 2.05) is 6.07 Å². The molecule has 0 bridgehead atoms. The summed E-state index contributed by atoms with van der Waals surface area (Å²) < 4.78 is 1.44. The molecule has 0 unspecified atom stereocenters. The summed E-state index contributed by atoms with van der Waals surface area (Å²) in [6.45, 7) is 1.47. The van der Waals surface area contributed by atoms with Crippen LogP contribution in [0.1, 0.15) is 71.0 Å². The molecule has 0 aromatic carbocycles. The van der Waals surface area contributed by atoms with E-state index in [2.05, 4.69) is 20.6 Å². The molecule has 0 spiro atoms. The maximum atomic E-state index is 12.7. The van der Waals surface area contributed by atoms with Gasteiger partial charge in [-0.15, -0.1) is 0 Å². The number of nitrogens with one attached hydrogen (secondary N) is 2. The molecule has 2 amide bonds. The van der Waals surface area contributed by atoms with E-state index in [1.165, 1.54) is 30.1 Å². The van der Waals surface area contributed by atoms with Crippen LogP contribution in [0.3, 0.4) is 0 Å². The molecule has 1 aliphatic heterocycles. The summed E-state index contributed by atoms with van der Waals surface area (Å²) >= 11 is 0. The van der Waals surface area contributed by atoms with Crippen molar-refractivity contribution < 1.29 is 9.59 Å². The molecule has 2 aliphatic rings. The minimum Gasteiger partial charge on any atom is -0.338 e. The quantitative estimate of drug-likeness (QED) is 0.878. The molecule has 0 atom stereocenters. The van der Waals surface area contributed by atoms with Gasteiger partial charge in [0.05, 0.1) is 11.8 Å². The average molecular weight is 356 g/mol. The fourth-order valence-corrected chi connectivity index (χ4v) is 3.75. The molecule has 138 valence electrons. The Morgan fingerprint density at radius 3 is 2.65 bits per heavy atom. The number of aryl methyl sites for hydroxylation is 1. The topological polar surface area (TPSA) is 95.9 Å². The molecule has 1 aliphatic carbocycles. The van der Waals surface area contributed by atoms with Crippen LogP contribution in [0.15, 0.2) is 12.3 Å². The number of rotatable bonds is 4. The lowest BCUT2D eigenvalue weighted by atomic mass is 9.87.